The third kappa shape index (κ3) is 4.49. The Labute approximate surface area is 226 Å². The first-order chi connectivity index (χ1) is 19.3. The molecule has 0 aliphatic carbocycles. The lowest BCUT2D eigenvalue weighted by Crippen LogP contribution is -1.96. The number of rotatable bonds is 5. The average Bonchev–Trinajstić information content (AvgIpc) is 3.47. The molecule has 0 unspecified atom stereocenters. The van der Waals surface area contributed by atoms with Gasteiger partial charge in [-0.05, 0) is 41.5 Å². The van der Waals surface area contributed by atoms with Gasteiger partial charge in [-0.25, -0.2) is 15.0 Å². The molecule has 4 heteroatoms. The first kappa shape index (κ1) is 22.8. The third-order valence-corrected chi connectivity index (χ3v) is 6.76. The number of para-hydroxylation sites is 1. The Hall–Kier alpha value is -5.35. The van der Waals surface area contributed by atoms with Crippen LogP contribution in [0.25, 0.3) is 67.6 Å². The Morgan fingerprint density at radius 1 is 0.410 bits per heavy atom. The fraction of sp³-hybridized carbons (Fsp3) is 0. The summed E-state index contributed by atoms with van der Waals surface area (Å²) in [6, 6.07) is 46.9. The van der Waals surface area contributed by atoms with Crippen LogP contribution in [-0.4, -0.2) is 15.0 Å². The first-order valence-electron chi connectivity index (χ1n) is 12.9. The predicted molar refractivity (Wildman–Crippen MR) is 157 cm³/mol. The van der Waals surface area contributed by atoms with E-state index in [1.54, 1.807) is 0 Å². The highest BCUT2D eigenvalue weighted by molar-refractivity contribution is 5.91. The first-order valence-corrected chi connectivity index (χ1v) is 12.9. The van der Waals surface area contributed by atoms with Crippen molar-refractivity contribution in [3.8, 4) is 56.5 Å². The molecule has 0 saturated heterocycles. The van der Waals surface area contributed by atoms with Crippen LogP contribution >= 0.6 is 0 Å². The molecular weight excluding hydrogens is 478 g/mol. The van der Waals surface area contributed by atoms with E-state index in [4.69, 9.17) is 19.4 Å². The summed E-state index contributed by atoms with van der Waals surface area (Å²) >= 11 is 0. The quantitative estimate of drug-likeness (QED) is 0.236. The largest absolute Gasteiger partial charge is 0.435 e. The molecule has 2 heterocycles. The molecule has 7 rings (SSSR count). The lowest BCUT2D eigenvalue weighted by molar-refractivity contribution is 0.620. The fourth-order valence-electron chi connectivity index (χ4n) is 4.77. The summed E-state index contributed by atoms with van der Waals surface area (Å²) in [7, 11) is 0. The number of benzene rings is 5. The van der Waals surface area contributed by atoms with Gasteiger partial charge >= 0.3 is 0 Å². The van der Waals surface area contributed by atoms with Crippen molar-refractivity contribution in [3.63, 3.8) is 0 Å². The zero-order valence-corrected chi connectivity index (χ0v) is 21.0. The lowest BCUT2D eigenvalue weighted by atomic mass is 10.0. The van der Waals surface area contributed by atoms with Crippen molar-refractivity contribution in [2.75, 3.05) is 0 Å². The Balaban J connectivity index is 1.37. The highest BCUT2D eigenvalue weighted by atomic mass is 16.3. The van der Waals surface area contributed by atoms with Crippen molar-refractivity contribution >= 4 is 11.1 Å². The van der Waals surface area contributed by atoms with Crippen LogP contribution in [0.15, 0.2) is 144 Å². The van der Waals surface area contributed by atoms with Crippen molar-refractivity contribution in [2.45, 2.75) is 0 Å². The molecule has 2 aromatic heterocycles. The van der Waals surface area contributed by atoms with Crippen LogP contribution in [0.1, 0.15) is 0 Å². The summed E-state index contributed by atoms with van der Waals surface area (Å²) in [4.78, 5) is 14.8. The lowest BCUT2D eigenvalue weighted by Gasteiger charge is -2.10. The highest BCUT2D eigenvalue weighted by Gasteiger charge is 2.17. The molecular formula is C35H23N3O. The van der Waals surface area contributed by atoms with Gasteiger partial charge in [0.1, 0.15) is 5.52 Å². The molecule has 0 saturated carbocycles. The van der Waals surface area contributed by atoms with E-state index < -0.39 is 0 Å². The van der Waals surface area contributed by atoms with Crippen molar-refractivity contribution in [1.29, 1.82) is 0 Å². The van der Waals surface area contributed by atoms with Gasteiger partial charge in [-0.3, -0.25) is 0 Å². The van der Waals surface area contributed by atoms with Gasteiger partial charge in [0.2, 0.25) is 5.89 Å². The summed E-state index contributed by atoms with van der Waals surface area (Å²) in [6.07, 6.45) is 0. The fourth-order valence-corrected chi connectivity index (χ4v) is 4.77. The minimum absolute atomic E-state index is 0.590. The van der Waals surface area contributed by atoms with E-state index in [9.17, 15) is 0 Å². The van der Waals surface area contributed by atoms with Crippen LogP contribution < -0.4 is 0 Å². The second kappa shape index (κ2) is 9.84. The smallest absolute Gasteiger partial charge is 0.227 e. The second-order valence-corrected chi connectivity index (χ2v) is 9.31. The van der Waals surface area contributed by atoms with Crippen LogP contribution in [0.4, 0.5) is 0 Å². The SMILES string of the molecule is c1ccc(-c2ccc(-c3nc(-c4ccccc4)cc(-c4cccc5nc(-c6ccccc6)oc45)n3)cc2)cc1. The predicted octanol–water partition coefficient (Wildman–Crippen LogP) is 8.95. The maximum absolute atomic E-state index is 6.32. The number of nitrogens with zero attached hydrogens (tertiary/aromatic N) is 3. The van der Waals surface area contributed by atoms with Gasteiger partial charge in [0.25, 0.3) is 0 Å². The molecule has 0 aliphatic rings. The van der Waals surface area contributed by atoms with Crippen molar-refractivity contribution in [1.82, 2.24) is 15.0 Å². The molecule has 0 amide bonds. The standard InChI is InChI=1S/C35H23N3O/c1-4-11-24(12-5-1)25-19-21-27(22-20-25)34-36-31(26-13-6-2-7-14-26)23-32(37-34)29-17-10-18-30-33(29)39-35(38-30)28-15-8-3-9-16-28/h1-23H. The van der Waals surface area contributed by atoms with Gasteiger partial charge in [0.05, 0.1) is 11.4 Å². The summed E-state index contributed by atoms with van der Waals surface area (Å²) in [5, 5.41) is 0. The van der Waals surface area contributed by atoms with Crippen molar-refractivity contribution < 1.29 is 4.42 Å². The minimum atomic E-state index is 0.590. The monoisotopic (exact) mass is 501 g/mol. The van der Waals surface area contributed by atoms with Crippen molar-refractivity contribution in [3.05, 3.63) is 140 Å². The van der Waals surface area contributed by atoms with Crippen LogP contribution in [0.3, 0.4) is 0 Å². The molecule has 0 bridgehead atoms. The second-order valence-electron chi connectivity index (χ2n) is 9.31. The van der Waals surface area contributed by atoms with Gasteiger partial charge in [-0.15, -0.1) is 0 Å². The summed E-state index contributed by atoms with van der Waals surface area (Å²) in [6.45, 7) is 0. The van der Waals surface area contributed by atoms with E-state index in [1.807, 2.05) is 78.9 Å². The molecule has 39 heavy (non-hydrogen) atoms. The molecule has 0 atom stereocenters. The molecule has 0 spiro atoms. The summed E-state index contributed by atoms with van der Waals surface area (Å²) < 4.78 is 6.32. The minimum Gasteiger partial charge on any atom is -0.435 e. The van der Waals surface area contributed by atoms with Crippen LogP contribution in [-0.2, 0) is 0 Å². The van der Waals surface area contributed by atoms with Crippen molar-refractivity contribution in [2.24, 2.45) is 0 Å². The molecule has 4 nitrogen and oxygen atoms in total. The van der Waals surface area contributed by atoms with Crippen LogP contribution in [0.2, 0.25) is 0 Å². The van der Waals surface area contributed by atoms with E-state index in [0.717, 1.165) is 44.7 Å². The van der Waals surface area contributed by atoms with E-state index >= 15 is 0 Å². The van der Waals surface area contributed by atoms with Gasteiger partial charge in [0.15, 0.2) is 11.4 Å². The van der Waals surface area contributed by atoms with Gasteiger partial charge in [0, 0.05) is 22.3 Å². The molecule has 0 fully saturated rings. The van der Waals surface area contributed by atoms with Crippen LogP contribution in [0.5, 0.6) is 0 Å². The zero-order valence-electron chi connectivity index (χ0n) is 21.0. The molecule has 0 aliphatic heterocycles. The van der Waals surface area contributed by atoms with Gasteiger partial charge < -0.3 is 4.42 Å². The number of oxazole rings is 1. The zero-order chi connectivity index (χ0) is 26.0. The van der Waals surface area contributed by atoms with Gasteiger partial charge in [-0.2, -0.15) is 0 Å². The van der Waals surface area contributed by atoms with E-state index in [0.29, 0.717) is 17.3 Å². The van der Waals surface area contributed by atoms with E-state index in [1.165, 1.54) is 5.56 Å². The van der Waals surface area contributed by atoms with Gasteiger partial charge in [-0.1, -0.05) is 109 Å². The molecule has 0 N–H and O–H groups in total. The normalized spacial score (nSPS) is 11.1. The number of hydrogen-bond acceptors (Lipinski definition) is 4. The molecule has 7 aromatic rings. The van der Waals surface area contributed by atoms with Crippen LogP contribution in [0, 0.1) is 0 Å². The maximum Gasteiger partial charge on any atom is 0.227 e. The molecule has 5 aromatic carbocycles. The summed E-state index contributed by atoms with van der Waals surface area (Å²) in [5.74, 6) is 1.25. The Kier molecular flexibility index (Phi) is 5.76. The average molecular weight is 502 g/mol. The topological polar surface area (TPSA) is 51.8 Å². The molecule has 184 valence electrons. The number of hydrogen-bond donors (Lipinski definition) is 0. The molecule has 0 radical (unpaired) electrons. The number of fused-ring (bicyclic) bond motifs is 1. The Morgan fingerprint density at radius 2 is 0.974 bits per heavy atom. The third-order valence-electron chi connectivity index (χ3n) is 6.76. The Morgan fingerprint density at radius 3 is 1.67 bits per heavy atom. The maximum atomic E-state index is 6.32. The Bertz CT molecular complexity index is 1880. The van der Waals surface area contributed by atoms with E-state index in [-0.39, 0.29) is 0 Å². The van der Waals surface area contributed by atoms with E-state index in [2.05, 4.69) is 60.7 Å². The summed E-state index contributed by atoms with van der Waals surface area (Å²) in [5.41, 5.74) is 9.25. The number of aromatic nitrogens is 3. The highest BCUT2D eigenvalue weighted by Crippen LogP contribution is 2.34.